The van der Waals surface area contributed by atoms with Crippen LogP contribution in [0.2, 0.25) is 0 Å². The van der Waals surface area contributed by atoms with Crippen LogP contribution in [0, 0.1) is 0 Å². The van der Waals surface area contributed by atoms with Crippen LogP contribution in [-0.2, 0) is 29.1 Å². The summed E-state index contributed by atoms with van der Waals surface area (Å²) < 4.78 is 7.31. The molecule has 4 rings (SSSR count). The van der Waals surface area contributed by atoms with Crippen molar-refractivity contribution in [1.82, 2.24) is 14.9 Å². The number of aryl methyl sites for hydroxylation is 1. The molecule has 0 saturated carbocycles. The first-order valence-corrected chi connectivity index (χ1v) is 10.1. The number of para-hydroxylation sites is 3. The Morgan fingerprint density at radius 3 is 2.57 bits per heavy atom. The Balaban J connectivity index is 1.45. The standard InChI is InChI=1S/C25H25N3O2/c1-30-18-20-9-7-8-19(16-20)17-26-25(29)15-14-24-27-22-12-5-6-13-23(22)28(24)21-10-3-2-4-11-21/h2-13,16H,14-15,17-18H2,1H3,(H,26,29). The lowest BCUT2D eigenvalue weighted by Gasteiger charge is -2.10. The minimum Gasteiger partial charge on any atom is -0.380 e. The summed E-state index contributed by atoms with van der Waals surface area (Å²) in [6.07, 6.45) is 0.951. The fourth-order valence-corrected chi connectivity index (χ4v) is 3.62. The van der Waals surface area contributed by atoms with Gasteiger partial charge in [0.05, 0.1) is 17.6 Å². The molecule has 1 amide bonds. The summed E-state index contributed by atoms with van der Waals surface area (Å²) in [6.45, 7) is 1.07. The van der Waals surface area contributed by atoms with E-state index in [9.17, 15) is 4.79 Å². The summed E-state index contributed by atoms with van der Waals surface area (Å²) in [7, 11) is 1.68. The van der Waals surface area contributed by atoms with Gasteiger partial charge >= 0.3 is 0 Å². The smallest absolute Gasteiger partial charge is 0.220 e. The maximum absolute atomic E-state index is 12.5. The van der Waals surface area contributed by atoms with E-state index in [0.717, 1.165) is 33.7 Å². The van der Waals surface area contributed by atoms with Crippen molar-refractivity contribution in [1.29, 1.82) is 0 Å². The van der Waals surface area contributed by atoms with Crippen molar-refractivity contribution in [3.63, 3.8) is 0 Å². The van der Waals surface area contributed by atoms with Crippen LogP contribution in [0.25, 0.3) is 16.7 Å². The maximum Gasteiger partial charge on any atom is 0.220 e. The highest BCUT2D eigenvalue weighted by Gasteiger charge is 2.13. The van der Waals surface area contributed by atoms with E-state index >= 15 is 0 Å². The lowest BCUT2D eigenvalue weighted by Crippen LogP contribution is -2.23. The zero-order valence-corrected chi connectivity index (χ0v) is 17.0. The van der Waals surface area contributed by atoms with E-state index in [1.807, 2.05) is 54.6 Å². The Kier molecular flexibility index (Phi) is 6.20. The first-order chi connectivity index (χ1) is 14.7. The molecule has 0 saturated heterocycles. The van der Waals surface area contributed by atoms with Gasteiger partial charge in [0.2, 0.25) is 5.91 Å². The number of carbonyl (C=O) groups is 1. The predicted molar refractivity (Wildman–Crippen MR) is 118 cm³/mol. The summed E-state index contributed by atoms with van der Waals surface area (Å²) in [5.41, 5.74) is 5.20. The molecule has 0 radical (unpaired) electrons. The monoisotopic (exact) mass is 399 g/mol. The van der Waals surface area contributed by atoms with E-state index in [1.165, 1.54) is 0 Å². The van der Waals surface area contributed by atoms with Crippen molar-refractivity contribution >= 4 is 16.9 Å². The molecule has 0 unspecified atom stereocenters. The van der Waals surface area contributed by atoms with Gasteiger partial charge < -0.3 is 10.1 Å². The SMILES string of the molecule is COCc1cccc(CNC(=O)CCc2nc3ccccc3n2-c2ccccc2)c1. The Bertz CT molecular complexity index is 1140. The molecule has 5 heteroatoms. The fourth-order valence-electron chi connectivity index (χ4n) is 3.62. The molecule has 30 heavy (non-hydrogen) atoms. The second-order valence-corrected chi connectivity index (χ2v) is 7.22. The van der Waals surface area contributed by atoms with Gasteiger partial charge in [-0.1, -0.05) is 54.6 Å². The molecule has 0 spiro atoms. The third-order valence-corrected chi connectivity index (χ3v) is 5.01. The van der Waals surface area contributed by atoms with Crippen LogP contribution in [0.3, 0.4) is 0 Å². The summed E-state index contributed by atoms with van der Waals surface area (Å²) in [5.74, 6) is 0.901. The van der Waals surface area contributed by atoms with Crippen molar-refractivity contribution in [2.24, 2.45) is 0 Å². The molecule has 1 heterocycles. The first kappa shape index (κ1) is 19.9. The zero-order chi connectivity index (χ0) is 20.8. The predicted octanol–water partition coefficient (Wildman–Crippen LogP) is 4.42. The number of nitrogens with zero attached hydrogens (tertiary/aromatic N) is 2. The lowest BCUT2D eigenvalue weighted by atomic mass is 10.1. The summed E-state index contributed by atoms with van der Waals surface area (Å²) in [4.78, 5) is 17.3. The van der Waals surface area contributed by atoms with E-state index in [-0.39, 0.29) is 5.91 Å². The number of hydrogen-bond donors (Lipinski definition) is 1. The van der Waals surface area contributed by atoms with Crippen molar-refractivity contribution in [2.45, 2.75) is 26.0 Å². The number of ether oxygens (including phenoxy) is 1. The quantitative estimate of drug-likeness (QED) is 0.477. The van der Waals surface area contributed by atoms with Crippen molar-refractivity contribution in [3.05, 3.63) is 95.8 Å². The van der Waals surface area contributed by atoms with E-state index in [1.54, 1.807) is 7.11 Å². The topological polar surface area (TPSA) is 56.1 Å². The van der Waals surface area contributed by atoms with Crippen LogP contribution in [0.5, 0.6) is 0 Å². The largest absolute Gasteiger partial charge is 0.380 e. The Labute approximate surface area is 176 Å². The highest BCUT2D eigenvalue weighted by molar-refractivity contribution is 5.79. The molecule has 0 aliphatic rings. The minimum absolute atomic E-state index is 0.0128. The van der Waals surface area contributed by atoms with Crippen LogP contribution in [0.15, 0.2) is 78.9 Å². The average molecular weight is 399 g/mol. The van der Waals surface area contributed by atoms with Crippen LogP contribution < -0.4 is 5.32 Å². The molecule has 0 bridgehead atoms. The van der Waals surface area contributed by atoms with E-state index in [4.69, 9.17) is 9.72 Å². The van der Waals surface area contributed by atoms with Crippen LogP contribution in [-0.4, -0.2) is 22.6 Å². The number of rotatable bonds is 8. The Morgan fingerprint density at radius 1 is 0.967 bits per heavy atom. The number of hydrogen-bond acceptors (Lipinski definition) is 3. The zero-order valence-electron chi connectivity index (χ0n) is 17.0. The van der Waals surface area contributed by atoms with Crippen LogP contribution in [0.4, 0.5) is 0 Å². The maximum atomic E-state index is 12.5. The third-order valence-electron chi connectivity index (χ3n) is 5.01. The normalized spacial score (nSPS) is 11.0. The van der Waals surface area contributed by atoms with Crippen molar-refractivity contribution in [3.8, 4) is 5.69 Å². The van der Waals surface area contributed by atoms with Gasteiger partial charge in [-0.15, -0.1) is 0 Å². The molecule has 0 atom stereocenters. The second-order valence-electron chi connectivity index (χ2n) is 7.22. The van der Waals surface area contributed by atoms with Gasteiger partial charge in [0, 0.05) is 32.2 Å². The number of methoxy groups -OCH3 is 1. The molecule has 1 N–H and O–H groups in total. The van der Waals surface area contributed by atoms with E-state index < -0.39 is 0 Å². The Morgan fingerprint density at radius 2 is 1.73 bits per heavy atom. The van der Waals surface area contributed by atoms with E-state index in [2.05, 4.69) is 34.1 Å². The molecule has 1 aromatic heterocycles. The van der Waals surface area contributed by atoms with Gasteiger partial charge in [0.15, 0.2) is 0 Å². The summed E-state index contributed by atoms with van der Waals surface area (Å²) in [5, 5.41) is 3.01. The summed E-state index contributed by atoms with van der Waals surface area (Å²) in [6, 6.07) is 26.3. The molecule has 0 aliphatic heterocycles. The molecule has 3 aromatic carbocycles. The van der Waals surface area contributed by atoms with Gasteiger partial charge in [-0.05, 0) is 35.4 Å². The number of imidazole rings is 1. The third kappa shape index (κ3) is 4.58. The molecular weight excluding hydrogens is 374 g/mol. The van der Waals surface area contributed by atoms with Gasteiger partial charge in [-0.3, -0.25) is 9.36 Å². The highest BCUT2D eigenvalue weighted by atomic mass is 16.5. The van der Waals surface area contributed by atoms with Gasteiger partial charge in [-0.2, -0.15) is 0 Å². The fraction of sp³-hybridized carbons (Fsp3) is 0.200. The van der Waals surface area contributed by atoms with Crippen LogP contribution in [0.1, 0.15) is 23.4 Å². The van der Waals surface area contributed by atoms with Crippen molar-refractivity contribution in [2.75, 3.05) is 7.11 Å². The van der Waals surface area contributed by atoms with Crippen LogP contribution >= 0.6 is 0 Å². The van der Waals surface area contributed by atoms with Gasteiger partial charge in [0.1, 0.15) is 5.82 Å². The number of aromatic nitrogens is 2. The summed E-state index contributed by atoms with van der Waals surface area (Å²) >= 11 is 0. The molecule has 0 aliphatic carbocycles. The number of benzene rings is 3. The number of fused-ring (bicyclic) bond motifs is 1. The molecule has 4 aromatic rings. The van der Waals surface area contributed by atoms with Gasteiger partial charge in [-0.25, -0.2) is 4.98 Å². The number of nitrogens with one attached hydrogen (secondary N) is 1. The van der Waals surface area contributed by atoms with E-state index in [0.29, 0.717) is 26.0 Å². The molecule has 5 nitrogen and oxygen atoms in total. The molecule has 0 fully saturated rings. The highest BCUT2D eigenvalue weighted by Crippen LogP contribution is 2.22. The second kappa shape index (κ2) is 9.37. The molecular formula is C25H25N3O2. The van der Waals surface area contributed by atoms with Gasteiger partial charge in [0.25, 0.3) is 0 Å². The minimum atomic E-state index is 0.0128. The Hall–Kier alpha value is -3.44. The lowest BCUT2D eigenvalue weighted by molar-refractivity contribution is -0.121. The average Bonchev–Trinajstić information content (AvgIpc) is 3.16. The molecule has 152 valence electrons. The first-order valence-electron chi connectivity index (χ1n) is 10.1. The number of carbonyl (C=O) groups excluding carboxylic acids is 1. The van der Waals surface area contributed by atoms with Crippen molar-refractivity contribution < 1.29 is 9.53 Å². The number of amides is 1.